The highest BCUT2D eigenvalue weighted by Gasteiger charge is 2.20. The molecule has 0 saturated carbocycles. The summed E-state index contributed by atoms with van der Waals surface area (Å²) in [5.41, 5.74) is 9.32. The Bertz CT molecular complexity index is 1580. The van der Waals surface area contributed by atoms with Crippen molar-refractivity contribution >= 4 is 45.7 Å². The van der Waals surface area contributed by atoms with Gasteiger partial charge in [0.2, 0.25) is 5.82 Å². The van der Waals surface area contributed by atoms with Crippen LogP contribution in [0.15, 0.2) is 71.5 Å². The number of rotatable bonds is 8. The molecule has 0 aliphatic rings. The first kappa shape index (κ1) is 27.1. The molecule has 1 amide bonds. The average molecular weight is 552 g/mol. The van der Waals surface area contributed by atoms with Gasteiger partial charge in [0.05, 0.1) is 27.2 Å². The molecule has 1 aromatic heterocycles. The Morgan fingerprint density at radius 2 is 1.87 bits per heavy atom. The van der Waals surface area contributed by atoms with Gasteiger partial charge in [-0.1, -0.05) is 53.4 Å². The number of aromatic nitrogens is 2. The third-order valence-corrected chi connectivity index (χ3v) is 6.18. The maximum Gasteiger partial charge on any atom is 0.281 e. The molecule has 194 valence electrons. The monoisotopic (exact) mass is 551 g/mol. The number of carbonyl (C=O) groups is 1. The fourth-order valence-electron chi connectivity index (χ4n) is 3.76. The lowest BCUT2D eigenvalue weighted by Crippen LogP contribution is -2.34. The van der Waals surface area contributed by atoms with Crippen LogP contribution in [0.3, 0.4) is 0 Å². The molecule has 0 aliphatic carbocycles. The maximum absolute atomic E-state index is 14.5. The Morgan fingerprint density at radius 3 is 2.63 bits per heavy atom. The number of benzene rings is 3. The van der Waals surface area contributed by atoms with Gasteiger partial charge in [0.25, 0.3) is 11.5 Å². The third kappa shape index (κ3) is 6.32. The van der Waals surface area contributed by atoms with E-state index in [2.05, 4.69) is 22.3 Å². The van der Waals surface area contributed by atoms with Crippen LogP contribution in [-0.4, -0.2) is 40.1 Å². The second kappa shape index (κ2) is 12.6. The molecule has 1 heterocycles. The molecule has 0 saturated heterocycles. The Morgan fingerprint density at radius 1 is 1.08 bits per heavy atom. The lowest BCUT2D eigenvalue weighted by molar-refractivity contribution is 0.0753. The number of halogens is 3. The molecule has 3 N–H and O–H groups in total. The van der Waals surface area contributed by atoms with Crippen molar-refractivity contribution < 1.29 is 9.18 Å². The Kier molecular flexibility index (Phi) is 8.98. The van der Waals surface area contributed by atoms with Gasteiger partial charge >= 0.3 is 0 Å². The van der Waals surface area contributed by atoms with Gasteiger partial charge in [0.1, 0.15) is 0 Å². The van der Waals surface area contributed by atoms with Gasteiger partial charge in [-0.25, -0.2) is 9.37 Å². The number of fused-ring (bicyclic) bond motifs is 1. The molecular formula is C28H24Cl2FN5O2. The second-order valence-corrected chi connectivity index (χ2v) is 9.15. The summed E-state index contributed by atoms with van der Waals surface area (Å²) in [6.07, 6.45) is 0.780. The molecular weight excluding hydrogens is 528 g/mol. The van der Waals surface area contributed by atoms with Crippen LogP contribution in [-0.2, 0) is 0 Å². The second-order valence-electron chi connectivity index (χ2n) is 8.30. The van der Waals surface area contributed by atoms with E-state index < -0.39 is 11.7 Å². The number of hydrogen-bond acceptors (Lipinski definition) is 5. The fourth-order valence-corrected chi connectivity index (χ4v) is 4.10. The summed E-state index contributed by atoms with van der Waals surface area (Å²) in [4.78, 5) is 32.3. The van der Waals surface area contributed by atoms with Crippen LogP contribution in [0.1, 0.15) is 29.0 Å². The largest absolute Gasteiger partial charge is 0.338 e. The Hall–Kier alpha value is -3.90. The van der Waals surface area contributed by atoms with Crippen LogP contribution >= 0.6 is 23.2 Å². The van der Waals surface area contributed by atoms with E-state index in [1.54, 1.807) is 18.2 Å². The summed E-state index contributed by atoms with van der Waals surface area (Å²) in [5.74, 6) is 4.83. The topological polar surface area (TPSA) is 93.2 Å². The SMILES string of the molecule is NCCCN(CCC#Cc1nc2cc(Cl)ccc2c(=O)n1Nc1ccccc1)C(=O)c1cccc(Cl)c1F. The van der Waals surface area contributed by atoms with Crippen molar-refractivity contribution in [3.8, 4) is 11.8 Å². The number of nitrogens with two attached hydrogens (primary N) is 1. The predicted molar refractivity (Wildman–Crippen MR) is 149 cm³/mol. The van der Waals surface area contributed by atoms with Crippen molar-refractivity contribution in [2.24, 2.45) is 5.73 Å². The number of hydrogen-bond donors (Lipinski definition) is 2. The predicted octanol–water partition coefficient (Wildman–Crippen LogP) is 4.95. The number of amides is 1. The van der Waals surface area contributed by atoms with Gasteiger partial charge in [-0.15, -0.1) is 0 Å². The van der Waals surface area contributed by atoms with Crippen LogP contribution in [0.2, 0.25) is 10.0 Å². The molecule has 4 rings (SSSR count). The normalized spacial score (nSPS) is 10.6. The molecule has 7 nitrogen and oxygen atoms in total. The van der Waals surface area contributed by atoms with Crippen molar-refractivity contribution in [3.05, 3.63) is 104 Å². The molecule has 3 aromatic carbocycles. The van der Waals surface area contributed by atoms with Crippen LogP contribution in [0, 0.1) is 17.7 Å². The first-order valence-corrected chi connectivity index (χ1v) is 12.6. The van der Waals surface area contributed by atoms with E-state index >= 15 is 0 Å². The first-order chi connectivity index (χ1) is 18.4. The Balaban J connectivity index is 1.62. The number of para-hydroxylation sites is 1. The average Bonchev–Trinajstić information content (AvgIpc) is 2.92. The van der Waals surface area contributed by atoms with Gasteiger partial charge in [-0.3, -0.25) is 15.0 Å². The molecule has 0 bridgehead atoms. The van der Waals surface area contributed by atoms with Gasteiger partial charge in [0.15, 0.2) is 5.82 Å². The van der Waals surface area contributed by atoms with E-state index in [0.717, 1.165) is 0 Å². The van der Waals surface area contributed by atoms with Gasteiger partial charge in [-0.2, -0.15) is 4.68 Å². The molecule has 0 radical (unpaired) electrons. The molecule has 10 heteroatoms. The highest BCUT2D eigenvalue weighted by atomic mass is 35.5. The van der Waals surface area contributed by atoms with Gasteiger partial charge in [-0.05, 0) is 61.4 Å². The summed E-state index contributed by atoms with van der Waals surface area (Å²) in [6.45, 7) is 0.915. The zero-order valence-electron chi connectivity index (χ0n) is 20.3. The fraction of sp³-hybridized carbons (Fsp3) is 0.179. The van der Waals surface area contributed by atoms with Crippen molar-refractivity contribution in [2.75, 3.05) is 25.1 Å². The minimum absolute atomic E-state index is 0.114. The summed E-state index contributed by atoms with van der Waals surface area (Å²) >= 11 is 12.0. The highest BCUT2D eigenvalue weighted by Crippen LogP contribution is 2.20. The smallest absolute Gasteiger partial charge is 0.281 e. The first-order valence-electron chi connectivity index (χ1n) is 11.9. The molecule has 4 aromatic rings. The van der Waals surface area contributed by atoms with Crippen LogP contribution in [0.25, 0.3) is 10.9 Å². The van der Waals surface area contributed by atoms with Crippen molar-refractivity contribution in [2.45, 2.75) is 12.8 Å². The van der Waals surface area contributed by atoms with E-state index in [4.69, 9.17) is 28.9 Å². The van der Waals surface area contributed by atoms with E-state index in [9.17, 15) is 14.0 Å². The molecule has 0 aliphatic heterocycles. The number of carbonyl (C=O) groups excluding carboxylic acids is 1. The van der Waals surface area contributed by atoms with Gasteiger partial charge < -0.3 is 10.6 Å². The van der Waals surface area contributed by atoms with E-state index in [0.29, 0.717) is 41.1 Å². The number of nitrogens with one attached hydrogen (secondary N) is 1. The summed E-state index contributed by atoms with van der Waals surface area (Å²) in [7, 11) is 0. The lowest BCUT2D eigenvalue weighted by atomic mass is 10.1. The zero-order chi connectivity index (χ0) is 27.1. The zero-order valence-corrected chi connectivity index (χ0v) is 21.8. The summed E-state index contributed by atoms with van der Waals surface area (Å²) in [5, 5.41) is 0.700. The minimum atomic E-state index is -0.766. The maximum atomic E-state index is 14.5. The molecule has 38 heavy (non-hydrogen) atoms. The quantitative estimate of drug-likeness (QED) is 0.302. The van der Waals surface area contributed by atoms with E-state index in [-0.39, 0.29) is 34.9 Å². The molecule has 0 unspecified atom stereocenters. The van der Waals surface area contributed by atoms with Gasteiger partial charge in [0, 0.05) is 24.5 Å². The van der Waals surface area contributed by atoms with Crippen LogP contribution < -0.4 is 16.7 Å². The minimum Gasteiger partial charge on any atom is -0.338 e. The number of anilines is 1. The van der Waals surface area contributed by atoms with E-state index in [1.807, 2.05) is 30.3 Å². The molecule has 0 fully saturated rings. The Labute approximate surface area is 229 Å². The van der Waals surface area contributed by atoms with Crippen molar-refractivity contribution in [3.63, 3.8) is 0 Å². The summed E-state index contributed by atoms with van der Waals surface area (Å²) in [6, 6.07) is 18.3. The van der Waals surface area contributed by atoms with E-state index in [1.165, 1.54) is 27.8 Å². The van der Waals surface area contributed by atoms with Crippen molar-refractivity contribution in [1.82, 2.24) is 14.6 Å². The lowest BCUT2D eigenvalue weighted by Gasteiger charge is -2.22. The third-order valence-electron chi connectivity index (χ3n) is 5.65. The highest BCUT2D eigenvalue weighted by molar-refractivity contribution is 6.31. The molecule has 0 atom stereocenters. The van der Waals surface area contributed by atoms with Crippen LogP contribution in [0.4, 0.5) is 10.1 Å². The molecule has 0 spiro atoms. The standard InChI is InChI=1S/C28H24Cl2FN5O2/c29-19-13-14-21-24(18-19)33-25(36(28(21)38)34-20-8-2-1-3-9-20)12-4-5-16-35(17-7-15-32)27(37)22-10-6-11-23(30)26(22)31/h1-3,6,8-11,13-14,18,34H,5,7,15-17,32H2. The van der Waals surface area contributed by atoms with Crippen LogP contribution in [0.5, 0.6) is 0 Å². The number of nitrogens with zero attached hydrogens (tertiary/aromatic N) is 3. The van der Waals surface area contributed by atoms with Crippen molar-refractivity contribution in [1.29, 1.82) is 0 Å². The summed E-state index contributed by atoms with van der Waals surface area (Å²) < 4.78 is 15.7.